The molecule has 0 aromatic heterocycles. The first-order valence-corrected chi connectivity index (χ1v) is 7.26. The van der Waals surface area contributed by atoms with Crippen molar-refractivity contribution in [3.63, 3.8) is 0 Å². The molecule has 5 heteroatoms. The van der Waals surface area contributed by atoms with E-state index < -0.39 is 0 Å². The Morgan fingerprint density at radius 1 is 1.24 bits per heavy atom. The van der Waals surface area contributed by atoms with Crippen molar-refractivity contribution in [3.8, 4) is 5.75 Å². The van der Waals surface area contributed by atoms with E-state index >= 15 is 0 Å². The van der Waals surface area contributed by atoms with E-state index in [9.17, 15) is 4.79 Å². The van der Waals surface area contributed by atoms with Gasteiger partial charge in [-0.15, -0.1) is 0 Å². The van der Waals surface area contributed by atoms with Gasteiger partial charge in [0.25, 0.3) is 0 Å². The molecule has 2 N–H and O–H groups in total. The van der Waals surface area contributed by atoms with Gasteiger partial charge in [0, 0.05) is 12.2 Å². The molecule has 0 spiro atoms. The minimum absolute atomic E-state index is 0.228. The molecule has 0 saturated carbocycles. The maximum absolute atomic E-state index is 11.6. The molecule has 1 aromatic carbocycles. The summed E-state index contributed by atoms with van der Waals surface area (Å²) in [6.07, 6.45) is 4.28. The van der Waals surface area contributed by atoms with Crippen LogP contribution in [0.25, 0.3) is 0 Å². The van der Waals surface area contributed by atoms with Gasteiger partial charge in [0.1, 0.15) is 5.75 Å². The molecule has 1 aromatic rings. The van der Waals surface area contributed by atoms with Crippen LogP contribution >= 0.6 is 0 Å². The molecule has 0 aliphatic heterocycles. The Morgan fingerprint density at radius 3 is 2.67 bits per heavy atom. The number of amides is 2. The van der Waals surface area contributed by atoms with Crippen LogP contribution in [0.5, 0.6) is 5.75 Å². The molecule has 0 aliphatic rings. The van der Waals surface area contributed by atoms with Gasteiger partial charge in [-0.25, -0.2) is 4.79 Å². The molecule has 0 radical (unpaired) electrons. The van der Waals surface area contributed by atoms with Crippen molar-refractivity contribution in [2.75, 3.05) is 25.1 Å². The summed E-state index contributed by atoms with van der Waals surface area (Å²) in [5, 5.41) is 5.51. The molecule has 21 heavy (non-hydrogen) atoms. The molecule has 2 amide bonds. The number of rotatable bonds is 10. The summed E-state index contributed by atoms with van der Waals surface area (Å²) in [5.74, 6) is 0.816. The Labute approximate surface area is 126 Å². The lowest BCUT2D eigenvalue weighted by molar-refractivity contribution is 0.238. The van der Waals surface area contributed by atoms with Crippen molar-refractivity contribution < 1.29 is 14.3 Å². The van der Waals surface area contributed by atoms with Gasteiger partial charge >= 0.3 is 6.03 Å². The molecule has 0 aliphatic carbocycles. The zero-order chi connectivity index (χ0) is 15.3. The van der Waals surface area contributed by atoms with E-state index in [-0.39, 0.29) is 6.03 Å². The lowest BCUT2D eigenvalue weighted by Gasteiger charge is -2.09. The molecule has 116 valence electrons. The summed E-state index contributed by atoms with van der Waals surface area (Å²) in [6.45, 7) is 7.39. The second-order valence-electron chi connectivity index (χ2n) is 4.50. The highest BCUT2D eigenvalue weighted by Crippen LogP contribution is 2.15. The standard InChI is InChI=1S/C16H24N2O3/c1-3-5-13-21-15-9-7-14(8-10-15)18-16(19)17-11-6-12-20-4-2/h4,7-10H,2-3,5-6,11-13H2,1H3,(H2,17,18,19). The summed E-state index contributed by atoms with van der Waals surface area (Å²) < 4.78 is 10.5. The van der Waals surface area contributed by atoms with Crippen molar-refractivity contribution in [2.45, 2.75) is 26.2 Å². The van der Waals surface area contributed by atoms with Crippen LogP contribution in [0.3, 0.4) is 0 Å². The number of carbonyl (C=O) groups is 1. The molecule has 0 unspecified atom stereocenters. The molecular formula is C16H24N2O3. The van der Waals surface area contributed by atoms with E-state index in [4.69, 9.17) is 9.47 Å². The highest BCUT2D eigenvalue weighted by molar-refractivity contribution is 5.89. The smallest absolute Gasteiger partial charge is 0.319 e. The summed E-state index contributed by atoms with van der Waals surface area (Å²) in [7, 11) is 0. The van der Waals surface area contributed by atoms with Crippen LogP contribution in [0.1, 0.15) is 26.2 Å². The van der Waals surface area contributed by atoms with E-state index in [1.807, 2.05) is 24.3 Å². The number of nitrogens with one attached hydrogen (secondary N) is 2. The Kier molecular flexibility index (Phi) is 8.52. The van der Waals surface area contributed by atoms with Crippen molar-refractivity contribution in [2.24, 2.45) is 0 Å². The van der Waals surface area contributed by atoms with Crippen molar-refractivity contribution in [1.29, 1.82) is 0 Å². The van der Waals surface area contributed by atoms with Crippen LogP contribution in [0.2, 0.25) is 0 Å². The van der Waals surface area contributed by atoms with Crippen molar-refractivity contribution in [1.82, 2.24) is 5.32 Å². The van der Waals surface area contributed by atoms with E-state index in [2.05, 4.69) is 24.1 Å². The average molecular weight is 292 g/mol. The van der Waals surface area contributed by atoms with Gasteiger partial charge in [-0.1, -0.05) is 19.9 Å². The van der Waals surface area contributed by atoms with E-state index in [0.29, 0.717) is 13.2 Å². The second-order valence-corrected chi connectivity index (χ2v) is 4.50. The van der Waals surface area contributed by atoms with Crippen LogP contribution in [0, 0.1) is 0 Å². The Hall–Kier alpha value is -2.17. The fourth-order valence-electron chi connectivity index (χ4n) is 1.58. The quantitative estimate of drug-likeness (QED) is 0.512. The number of benzene rings is 1. The van der Waals surface area contributed by atoms with Gasteiger partial charge in [-0.05, 0) is 37.1 Å². The Bertz CT molecular complexity index is 418. The van der Waals surface area contributed by atoms with Crippen molar-refractivity contribution in [3.05, 3.63) is 37.1 Å². The van der Waals surface area contributed by atoms with E-state index in [1.54, 1.807) is 0 Å². The number of urea groups is 1. The molecule has 5 nitrogen and oxygen atoms in total. The molecule has 0 atom stereocenters. The Balaban J connectivity index is 2.24. The van der Waals surface area contributed by atoms with Gasteiger partial charge in [0.15, 0.2) is 0 Å². The first-order valence-electron chi connectivity index (χ1n) is 7.26. The van der Waals surface area contributed by atoms with E-state index in [1.165, 1.54) is 6.26 Å². The molecule has 0 fully saturated rings. The molecule has 0 bridgehead atoms. The van der Waals surface area contributed by atoms with E-state index in [0.717, 1.165) is 37.3 Å². The summed E-state index contributed by atoms with van der Waals surface area (Å²) in [4.78, 5) is 11.6. The van der Waals surface area contributed by atoms with Crippen LogP contribution in [0.15, 0.2) is 37.1 Å². The van der Waals surface area contributed by atoms with Gasteiger partial charge in [0.2, 0.25) is 0 Å². The SMILES string of the molecule is C=COCCCNC(=O)Nc1ccc(OCCCC)cc1. The number of ether oxygens (including phenoxy) is 2. The summed E-state index contributed by atoms with van der Waals surface area (Å²) in [5.41, 5.74) is 0.734. The monoisotopic (exact) mass is 292 g/mol. The number of hydrogen-bond acceptors (Lipinski definition) is 3. The molecule has 0 heterocycles. The van der Waals surface area contributed by atoms with Gasteiger partial charge < -0.3 is 20.1 Å². The third-order valence-electron chi connectivity index (χ3n) is 2.72. The molecular weight excluding hydrogens is 268 g/mol. The summed E-state index contributed by atoms with van der Waals surface area (Å²) in [6, 6.07) is 7.11. The topological polar surface area (TPSA) is 59.6 Å². The van der Waals surface area contributed by atoms with Gasteiger partial charge in [0.05, 0.1) is 19.5 Å². The zero-order valence-corrected chi connectivity index (χ0v) is 12.6. The highest BCUT2D eigenvalue weighted by Gasteiger charge is 2.01. The number of anilines is 1. The number of hydrogen-bond donors (Lipinski definition) is 2. The first kappa shape index (κ1) is 16.9. The maximum Gasteiger partial charge on any atom is 0.319 e. The lowest BCUT2D eigenvalue weighted by Crippen LogP contribution is -2.29. The predicted molar refractivity (Wildman–Crippen MR) is 84.6 cm³/mol. The lowest BCUT2D eigenvalue weighted by atomic mass is 10.3. The fraction of sp³-hybridized carbons (Fsp3) is 0.438. The normalized spacial score (nSPS) is 9.76. The predicted octanol–water partition coefficient (Wildman–Crippen LogP) is 3.54. The minimum atomic E-state index is -0.228. The average Bonchev–Trinajstić information content (AvgIpc) is 2.49. The minimum Gasteiger partial charge on any atom is -0.502 e. The fourth-order valence-corrected chi connectivity index (χ4v) is 1.58. The van der Waals surface area contributed by atoms with Crippen LogP contribution in [-0.4, -0.2) is 25.8 Å². The van der Waals surface area contributed by atoms with Crippen LogP contribution in [0.4, 0.5) is 10.5 Å². The summed E-state index contributed by atoms with van der Waals surface area (Å²) >= 11 is 0. The molecule has 0 saturated heterocycles. The zero-order valence-electron chi connectivity index (χ0n) is 12.6. The maximum atomic E-state index is 11.6. The number of unbranched alkanes of at least 4 members (excludes halogenated alkanes) is 1. The first-order chi connectivity index (χ1) is 10.3. The third-order valence-corrected chi connectivity index (χ3v) is 2.72. The van der Waals surface area contributed by atoms with Crippen molar-refractivity contribution >= 4 is 11.7 Å². The van der Waals surface area contributed by atoms with Crippen LogP contribution < -0.4 is 15.4 Å². The molecule has 1 rings (SSSR count). The van der Waals surface area contributed by atoms with Gasteiger partial charge in [-0.3, -0.25) is 0 Å². The Morgan fingerprint density at radius 2 is 2.00 bits per heavy atom. The van der Waals surface area contributed by atoms with Gasteiger partial charge in [-0.2, -0.15) is 0 Å². The highest BCUT2D eigenvalue weighted by atomic mass is 16.5. The van der Waals surface area contributed by atoms with Crippen LogP contribution in [-0.2, 0) is 4.74 Å². The second kappa shape index (κ2) is 10.6. The number of carbonyl (C=O) groups excluding carboxylic acids is 1. The third kappa shape index (κ3) is 7.87. The largest absolute Gasteiger partial charge is 0.502 e.